The molecule has 3 aromatic heterocycles. The van der Waals surface area contributed by atoms with Crippen LogP contribution in [0.25, 0.3) is 0 Å². The van der Waals surface area contributed by atoms with Crippen LogP contribution in [0.5, 0.6) is 11.6 Å². The SMILES string of the molecule is COc1ccc([C@H]2C[C@@H]2COc2cc(CCc3cc(C)ccn3)c(=O)n(C)n2)nc1. The highest BCUT2D eigenvalue weighted by Gasteiger charge is 2.40. The minimum Gasteiger partial charge on any atom is -0.495 e. The predicted octanol–water partition coefficient (Wildman–Crippen LogP) is 2.86. The van der Waals surface area contributed by atoms with Crippen molar-refractivity contribution in [3.8, 4) is 11.6 Å². The van der Waals surface area contributed by atoms with Gasteiger partial charge in [0.25, 0.3) is 5.56 Å². The Labute approximate surface area is 175 Å². The van der Waals surface area contributed by atoms with E-state index in [2.05, 4.69) is 15.1 Å². The van der Waals surface area contributed by atoms with E-state index in [4.69, 9.17) is 9.47 Å². The third-order valence-electron chi connectivity index (χ3n) is 5.48. The molecule has 3 heterocycles. The van der Waals surface area contributed by atoms with Gasteiger partial charge >= 0.3 is 0 Å². The molecule has 7 nitrogen and oxygen atoms in total. The summed E-state index contributed by atoms with van der Waals surface area (Å²) < 4.78 is 12.4. The molecule has 1 fully saturated rings. The first-order valence-electron chi connectivity index (χ1n) is 10.1. The molecule has 1 aliphatic carbocycles. The molecule has 3 aromatic rings. The predicted molar refractivity (Wildman–Crippen MR) is 113 cm³/mol. The van der Waals surface area contributed by atoms with Gasteiger partial charge in [0.15, 0.2) is 0 Å². The van der Waals surface area contributed by atoms with Crippen molar-refractivity contribution in [3.63, 3.8) is 0 Å². The van der Waals surface area contributed by atoms with Gasteiger partial charge in [-0.05, 0) is 56.0 Å². The molecule has 156 valence electrons. The fraction of sp³-hybridized carbons (Fsp3) is 0.391. The molecule has 4 rings (SSSR count). The summed E-state index contributed by atoms with van der Waals surface area (Å²) in [5.74, 6) is 2.05. The third kappa shape index (κ3) is 4.67. The van der Waals surface area contributed by atoms with E-state index in [9.17, 15) is 4.79 Å². The zero-order chi connectivity index (χ0) is 21.1. The fourth-order valence-corrected chi connectivity index (χ4v) is 3.61. The zero-order valence-corrected chi connectivity index (χ0v) is 17.5. The van der Waals surface area contributed by atoms with Crippen LogP contribution in [0.3, 0.4) is 0 Å². The quantitative estimate of drug-likeness (QED) is 0.572. The van der Waals surface area contributed by atoms with Crippen molar-refractivity contribution in [3.05, 3.63) is 75.6 Å². The Hall–Kier alpha value is -3.22. The fourth-order valence-electron chi connectivity index (χ4n) is 3.61. The van der Waals surface area contributed by atoms with E-state index in [1.54, 1.807) is 32.6 Å². The van der Waals surface area contributed by atoms with Crippen LogP contribution in [0.1, 0.15) is 34.9 Å². The second-order valence-corrected chi connectivity index (χ2v) is 7.80. The van der Waals surface area contributed by atoms with E-state index in [0.717, 1.165) is 29.1 Å². The van der Waals surface area contributed by atoms with Crippen LogP contribution >= 0.6 is 0 Å². The second-order valence-electron chi connectivity index (χ2n) is 7.80. The van der Waals surface area contributed by atoms with E-state index in [1.807, 2.05) is 31.2 Å². The summed E-state index contributed by atoms with van der Waals surface area (Å²) in [5, 5.41) is 4.26. The van der Waals surface area contributed by atoms with Crippen LogP contribution < -0.4 is 15.0 Å². The Morgan fingerprint density at radius 3 is 2.77 bits per heavy atom. The van der Waals surface area contributed by atoms with Gasteiger partial charge in [0.05, 0.1) is 19.9 Å². The number of ether oxygens (including phenoxy) is 2. The van der Waals surface area contributed by atoms with Crippen LogP contribution in [0.15, 0.2) is 47.5 Å². The average Bonchev–Trinajstić information content (AvgIpc) is 3.53. The van der Waals surface area contributed by atoms with Gasteiger partial charge in [-0.2, -0.15) is 0 Å². The molecule has 7 heteroatoms. The standard InChI is InChI=1S/C23H26N4O3/c1-15-8-9-24-18(10-15)5-4-16-12-22(26-27(2)23(16)28)30-14-17-11-20(17)21-7-6-19(29-3)13-25-21/h6-10,12-13,17,20H,4-5,11,14H2,1-3H3/t17-,20+/m1/s1. The minimum absolute atomic E-state index is 0.0956. The molecule has 0 unspecified atom stereocenters. The Bertz CT molecular complexity index is 1080. The third-order valence-corrected chi connectivity index (χ3v) is 5.48. The van der Waals surface area contributed by atoms with Crippen molar-refractivity contribution >= 4 is 0 Å². The average molecular weight is 406 g/mol. The molecule has 0 radical (unpaired) electrons. The lowest BCUT2D eigenvalue weighted by Gasteiger charge is -2.09. The van der Waals surface area contributed by atoms with E-state index in [0.29, 0.717) is 42.7 Å². The number of aromatic nitrogens is 4. The van der Waals surface area contributed by atoms with Crippen LogP contribution in [0.2, 0.25) is 0 Å². The normalized spacial score (nSPS) is 17.6. The molecule has 1 aliphatic rings. The van der Waals surface area contributed by atoms with Gasteiger partial charge in [0.2, 0.25) is 5.88 Å². The van der Waals surface area contributed by atoms with Crippen molar-refractivity contribution in [1.29, 1.82) is 0 Å². The van der Waals surface area contributed by atoms with E-state index < -0.39 is 0 Å². The van der Waals surface area contributed by atoms with Crippen molar-refractivity contribution in [2.24, 2.45) is 13.0 Å². The van der Waals surface area contributed by atoms with Crippen molar-refractivity contribution in [1.82, 2.24) is 19.7 Å². The summed E-state index contributed by atoms with van der Waals surface area (Å²) in [6.45, 7) is 2.59. The Kier molecular flexibility index (Phi) is 5.79. The summed E-state index contributed by atoms with van der Waals surface area (Å²) in [5.41, 5.74) is 3.79. The second kappa shape index (κ2) is 8.65. The summed E-state index contributed by atoms with van der Waals surface area (Å²) in [4.78, 5) is 21.3. The maximum atomic E-state index is 12.5. The molecular weight excluding hydrogens is 380 g/mol. The number of nitrogens with zero attached hydrogens (tertiary/aromatic N) is 4. The molecule has 0 aromatic carbocycles. The van der Waals surface area contributed by atoms with Gasteiger partial charge in [-0.25, -0.2) is 4.68 Å². The molecule has 0 N–H and O–H groups in total. The maximum absolute atomic E-state index is 12.5. The molecule has 0 aliphatic heterocycles. The number of rotatable bonds is 8. The minimum atomic E-state index is -0.0956. The van der Waals surface area contributed by atoms with Crippen LogP contribution in [-0.2, 0) is 19.9 Å². The monoisotopic (exact) mass is 406 g/mol. The van der Waals surface area contributed by atoms with Crippen LogP contribution in [0, 0.1) is 12.8 Å². The summed E-state index contributed by atoms with van der Waals surface area (Å²) in [6, 6.07) is 9.71. The van der Waals surface area contributed by atoms with Crippen molar-refractivity contribution in [2.45, 2.75) is 32.1 Å². The summed E-state index contributed by atoms with van der Waals surface area (Å²) in [6.07, 6.45) is 5.89. The topological polar surface area (TPSA) is 79.1 Å². The van der Waals surface area contributed by atoms with Gasteiger partial charge in [-0.1, -0.05) is 0 Å². The molecule has 2 atom stereocenters. The number of aryl methyl sites for hydroxylation is 4. The highest BCUT2D eigenvalue weighted by Crippen LogP contribution is 2.46. The molecular formula is C23H26N4O3. The molecule has 0 spiro atoms. The Balaban J connectivity index is 1.37. The largest absolute Gasteiger partial charge is 0.495 e. The lowest BCUT2D eigenvalue weighted by Crippen LogP contribution is -2.24. The molecule has 0 bridgehead atoms. The Morgan fingerprint density at radius 1 is 1.17 bits per heavy atom. The number of pyridine rings is 2. The molecule has 30 heavy (non-hydrogen) atoms. The molecule has 0 saturated heterocycles. The van der Waals surface area contributed by atoms with E-state index in [-0.39, 0.29) is 5.56 Å². The highest BCUT2D eigenvalue weighted by atomic mass is 16.5. The summed E-state index contributed by atoms with van der Waals surface area (Å²) >= 11 is 0. The van der Waals surface area contributed by atoms with Crippen LogP contribution in [0.4, 0.5) is 0 Å². The Morgan fingerprint density at radius 2 is 2.03 bits per heavy atom. The lowest BCUT2D eigenvalue weighted by molar-refractivity contribution is 0.277. The number of hydrogen-bond donors (Lipinski definition) is 0. The van der Waals surface area contributed by atoms with Crippen molar-refractivity contribution in [2.75, 3.05) is 13.7 Å². The van der Waals surface area contributed by atoms with Crippen molar-refractivity contribution < 1.29 is 9.47 Å². The van der Waals surface area contributed by atoms with Gasteiger partial charge in [0.1, 0.15) is 5.75 Å². The van der Waals surface area contributed by atoms with E-state index in [1.165, 1.54) is 4.68 Å². The smallest absolute Gasteiger partial charge is 0.269 e. The number of hydrogen-bond acceptors (Lipinski definition) is 6. The first-order chi connectivity index (χ1) is 14.5. The zero-order valence-electron chi connectivity index (χ0n) is 17.5. The van der Waals surface area contributed by atoms with Gasteiger partial charge in [0, 0.05) is 48.1 Å². The highest BCUT2D eigenvalue weighted by molar-refractivity contribution is 5.26. The van der Waals surface area contributed by atoms with Gasteiger partial charge < -0.3 is 9.47 Å². The van der Waals surface area contributed by atoms with Gasteiger partial charge in [-0.3, -0.25) is 14.8 Å². The van der Waals surface area contributed by atoms with Gasteiger partial charge in [-0.15, -0.1) is 5.10 Å². The van der Waals surface area contributed by atoms with Crippen LogP contribution in [-0.4, -0.2) is 33.5 Å². The molecule has 1 saturated carbocycles. The molecule has 0 amide bonds. The lowest BCUT2D eigenvalue weighted by atomic mass is 10.1. The maximum Gasteiger partial charge on any atom is 0.269 e. The summed E-state index contributed by atoms with van der Waals surface area (Å²) in [7, 11) is 3.29. The first-order valence-corrected chi connectivity index (χ1v) is 10.1. The number of methoxy groups -OCH3 is 1. The first kappa shape index (κ1) is 20.1. The van der Waals surface area contributed by atoms with E-state index >= 15 is 0 Å².